The van der Waals surface area contributed by atoms with Gasteiger partial charge in [-0.25, -0.2) is 4.79 Å². The molecule has 1 heterocycles. The summed E-state index contributed by atoms with van der Waals surface area (Å²) in [6.45, 7) is -0.225. The molecule has 0 radical (unpaired) electrons. The van der Waals surface area contributed by atoms with E-state index in [4.69, 9.17) is 14.9 Å². The van der Waals surface area contributed by atoms with E-state index in [2.05, 4.69) is 4.99 Å². The monoisotopic (exact) mass is 257 g/mol. The smallest absolute Gasteiger partial charge is 0.334 e. The number of hydrogen-bond acceptors (Lipinski definition) is 5. The van der Waals surface area contributed by atoms with Crippen molar-refractivity contribution in [3.63, 3.8) is 0 Å². The van der Waals surface area contributed by atoms with Crippen molar-refractivity contribution in [2.45, 2.75) is 18.1 Å². The molecule has 3 N–H and O–H groups in total. The van der Waals surface area contributed by atoms with Crippen LogP contribution in [0.1, 0.15) is 6.42 Å². The third-order valence-electron chi connectivity index (χ3n) is 3.24. The van der Waals surface area contributed by atoms with Gasteiger partial charge in [0.2, 0.25) is 0 Å². The molecular weight excluding hydrogens is 246 g/mol. The van der Waals surface area contributed by atoms with E-state index in [1.165, 1.54) is 0 Å². The Balaban J connectivity index is 2.19. The minimum atomic E-state index is -1.66. The lowest BCUT2D eigenvalue weighted by molar-refractivity contribution is -0.147. The lowest BCUT2D eigenvalue weighted by atomic mass is 9.94. The lowest BCUT2D eigenvalue weighted by Gasteiger charge is -2.20. The second-order valence-corrected chi connectivity index (χ2v) is 4.30. The van der Waals surface area contributed by atoms with Gasteiger partial charge in [0.1, 0.15) is 0 Å². The highest BCUT2D eigenvalue weighted by molar-refractivity contribution is 5.90. The molecule has 0 bridgehead atoms. The fourth-order valence-corrected chi connectivity index (χ4v) is 2.34. The first-order valence-electron chi connectivity index (χ1n) is 5.23. The Labute approximate surface area is 101 Å². The molecule has 8 nitrogen and oxygen atoms in total. The Kier molecular flexibility index (Phi) is 2.81. The van der Waals surface area contributed by atoms with Gasteiger partial charge in [0.25, 0.3) is 0 Å². The summed E-state index contributed by atoms with van der Waals surface area (Å²) in [6.07, 6.45) is -0.0654. The largest absolute Gasteiger partial charge is 0.481 e. The number of carbonyl (C=O) groups is 3. The topological polar surface area (TPSA) is 133 Å². The minimum absolute atomic E-state index is 0.225. The maximum Gasteiger partial charge on any atom is 0.334 e. The fraction of sp³-hybridized carbons (Fsp3) is 0.600. The van der Waals surface area contributed by atoms with Crippen molar-refractivity contribution >= 4 is 24.1 Å². The zero-order valence-corrected chi connectivity index (χ0v) is 9.15. The van der Waals surface area contributed by atoms with Gasteiger partial charge < -0.3 is 20.1 Å². The number of aliphatic imine (C=N–C) groups is 1. The molecule has 18 heavy (non-hydrogen) atoms. The summed E-state index contributed by atoms with van der Waals surface area (Å²) in [7, 11) is 0. The molecule has 4 unspecified atom stereocenters. The van der Waals surface area contributed by atoms with E-state index in [9.17, 15) is 19.5 Å². The standard InChI is InChI=1S/C10H11NO7/c12-4(13)1-2-11-10(9(16)17)3-18-7-5(6(7)10)8(14)15/h2,5-7H,1,3H2,(H,12,13)(H,14,15)(H,16,17). The van der Waals surface area contributed by atoms with Gasteiger partial charge >= 0.3 is 17.9 Å². The van der Waals surface area contributed by atoms with E-state index < -0.39 is 47.8 Å². The van der Waals surface area contributed by atoms with Crippen molar-refractivity contribution in [1.29, 1.82) is 0 Å². The summed E-state index contributed by atoms with van der Waals surface area (Å²) in [5, 5.41) is 26.5. The van der Waals surface area contributed by atoms with Gasteiger partial charge in [-0.1, -0.05) is 0 Å². The summed E-state index contributed by atoms with van der Waals surface area (Å²) in [4.78, 5) is 36.2. The highest BCUT2D eigenvalue weighted by atomic mass is 16.5. The van der Waals surface area contributed by atoms with E-state index in [-0.39, 0.29) is 6.61 Å². The molecule has 0 aromatic heterocycles. The lowest BCUT2D eigenvalue weighted by Crippen LogP contribution is -2.42. The minimum Gasteiger partial charge on any atom is -0.481 e. The third-order valence-corrected chi connectivity index (χ3v) is 3.24. The second kappa shape index (κ2) is 4.05. The maximum absolute atomic E-state index is 11.3. The molecule has 0 aromatic carbocycles. The molecular formula is C10H11NO7. The first-order valence-corrected chi connectivity index (χ1v) is 5.23. The van der Waals surface area contributed by atoms with Crippen LogP contribution in [-0.2, 0) is 19.1 Å². The van der Waals surface area contributed by atoms with Crippen LogP contribution < -0.4 is 0 Å². The van der Waals surface area contributed by atoms with Gasteiger partial charge in [-0.3, -0.25) is 14.6 Å². The Bertz CT molecular complexity index is 446. The van der Waals surface area contributed by atoms with Gasteiger partial charge in [-0.2, -0.15) is 0 Å². The Morgan fingerprint density at radius 2 is 2.00 bits per heavy atom. The zero-order chi connectivity index (χ0) is 13.5. The van der Waals surface area contributed by atoms with Crippen LogP contribution in [0.3, 0.4) is 0 Å². The van der Waals surface area contributed by atoms with Crippen LogP contribution in [0, 0.1) is 11.8 Å². The normalized spacial score (nSPS) is 37.4. The molecule has 1 saturated heterocycles. The zero-order valence-electron chi connectivity index (χ0n) is 9.15. The summed E-state index contributed by atoms with van der Waals surface area (Å²) < 4.78 is 5.11. The van der Waals surface area contributed by atoms with Gasteiger partial charge in [0, 0.05) is 12.1 Å². The highest BCUT2D eigenvalue weighted by Gasteiger charge is 2.73. The van der Waals surface area contributed by atoms with Crippen LogP contribution in [0.15, 0.2) is 4.99 Å². The van der Waals surface area contributed by atoms with Crippen LogP contribution in [0.25, 0.3) is 0 Å². The first kappa shape index (κ1) is 12.5. The van der Waals surface area contributed by atoms with Crippen molar-refractivity contribution in [2.75, 3.05) is 6.61 Å². The van der Waals surface area contributed by atoms with Crippen LogP contribution in [-0.4, -0.2) is 57.7 Å². The molecule has 8 heteroatoms. The number of nitrogens with zero attached hydrogens (tertiary/aromatic N) is 1. The number of rotatable bonds is 5. The summed E-state index contributed by atoms with van der Waals surface area (Å²) in [5.74, 6) is -5.15. The number of carboxylic acids is 3. The average molecular weight is 257 g/mol. The predicted octanol–water partition coefficient (Wildman–Crippen LogP) is -0.915. The van der Waals surface area contributed by atoms with E-state index in [1.807, 2.05) is 0 Å². The number of fused-ring (bicyclic) bond motifs is 1. The van der Waals surface area contributed by atoms with E-state index >= 15 is 0 Å². The molecule has 0 aromatic rings. The van der Waals surface area contributed by atoms with Crippen LogP contribution in [0.4, 0.5) is 0 Å². The Morgan fingerprint density at radius 1 is 1.33 bits per heavy atom. The maximum atomic E-state index is 11.3. The molecule has 1 aliphatic heterocycles. The first-order chi connectivity index (χ1) is 8.40. The van der Waals surface area contributed by atoms with Crippen molar-refractivity contribution in [2.24, 2.45) is 16.8 Å². The molecule has 1 aliphatic carbocycles. The molecule has 0 spiro atoms. The van der Waals surface area contributed by atoms with E-state index in [1.54, 1.807) is 0 Å². The molecule has 2 fully saturated rings. The highest BCUT2D eigenvalue weighted by Crippen LogP contribution is 2.56. The van der Waals surface area contributed by atoms with Crippen LogP contribution in [0.2, 0.25) is 0 Å². The van der Waals surface area contributed by atoms with Crippen molar-refractivity contribution in [3.8, 4) is 0 Å². The van der Waals surface area contributed by atoms with Gasteiger partial charge in [-0.15, -0.1) is 0 Å². The number of aliphatic carboxylic acids is 3. The predicted molar refractivity (Wildman–Crippen MR) is 55.5 cm³/mol. The van der Waals surface area contributed by atoms with Crippen molar-refractivity contribution in [1.82, 2.24) is 0 Å². The number of hydrogen-bond donors (Lipinski definition) is 3. The van der Waals surface area contributed by atoms with Crippen molar-refractivity contribution < 1.29 is 34.4 Å². The van der Waals surface area contributed by atoms with Gasteiger partial charge in [-0.05, 0) is 0 Å². The molecule has 98 valence electrons. The molecule has 0 amide bonds. The van der Waals surface area contributed by atoms with E-state index in [0.717, 1.165) is 6.21 Å². The Morgan fingerprint density at radius 3 is 2.44 bits per heavy atom. The van der Waals surface area contributed by atoms with E-state index in [0.29, 0.717) is 0 Å². The van der Waals surface area contributed by atoms with Crippen LogP contribution >= 0.6 is 0 Å². The van der Waals surface area contributed by atoms with Crippen molar-refractivity contribution in [3.05, 3.63) is 0 Å². The summed E-state index contributed by atoms with van der Waals surface area (Å²) in [6, 6.07) is 0. The molecule has 1 saturated carbocycles. The second-order valence-electron chi connectivity index (χ2n) is 4.30. The number of ether oxygens (including phenoxy) is 1. The average Bonchev–Trinajstić information content (AvgIpc) is 2.88. The molecule has 2 rings (SSSR count). The Hall–Kier alpha value is -1.96. The molecule has 4 atom stereocenters. The molecule has 2 aliphatic rings. The summed E-state index contributed by atoms with van der Waals surface area (Å²) in [5.41, 5.74) is -1.66. The third kappa shape index (κ3) is 1.74. The summed E-state index contributed by atoms with van der Waals surface area (Å²) >= 11 is 0. The number of carboxylic acid groups (broad SMARTS) is 3. The van der Waals surface area contributed by atoms with Gasteiger partial charge in [0.05, 0.1) is 25.0 Å². The SMILES string of the molecule is O=C(O)CC=NC1(C(=O)O)COC2C(C(=O)O)C21. The fourth-order valence-electron chi connectivity index (χ4n) is 2.34. The quantitative estimate of drug-likeness (QED) is 0.542. The van der Waals surface area contributed by atoms with Gasteiger partial charge in [0.15, 0.2) is 5.54 Å². The van der Waals surface area contributed by atoms with Crippen LogP contribution in [0.5, 0.6) is 0 Å².